The van der Waals surface area contributed by atoms with E-state index in [1.54, 1.807) is 0 Å². The second kappa shape index (κ2) is 10.2. The zero-order valence-electron chi connectivity index (χ0n) is 18.9. The number of carbonyl (C=O) groups is 1. The van der Waals surface area contributed by atoms with Crippen LogP contribution in [0.2, 0.25) is 0 Å². The van der Waals surface area contributed by atoms with Crippen molar-refractivity contribution in [3.05, 3.63) is 95.6 Å². The molecule has 7 nitrogen and oxygen atoms in total. The predicted molar refractivity (Wildman–Crippen MR) is 130 cm³/mol. The fourth-order valence-corrected chi connectivity index (χ4v) is 5.49. The minimum Gasteiger partial charge on any atom is -0.324 e. The largest absolute Gasteiger partial charge is 0.324 e. The smallest absolute Gasteiger partial charge is 0.246 e. The molecule has 0 aliphatic carbocycles. The summed E-state index contributed by atoms with van der Waals surface area (Å²) in [5.41, 5.74) is 3.10. The van der Waals surface area contributed by atoms with Gasteiger partial charge in [-0.15, -0.1) is 0 Å². The summed E-state index contributed by atoms with van der Waals surface area (Å²) in [6.45, 7) is 3.35. The standard InChI is InChI=1S/C26H26N4O3S/c1-20-7-11-23(12-8-20)28-26(31)25(22-5-3-2-4-6-22)29-15-17-30(18-16-29)34(32,33)24-13-9-21(19-27)10-14-24/h2-14,25H,15-18H2,1H3,(H,28,31)/t25-/m1/s1. The highest BCUT2D eigenvalue weighted by molar-refractivity contribution is 7.89. The van der Waals surface area contributed by atoms with Crippen LogP contribution >= 0.6 is 0 Å². The van der Waals surface area contributed by atoms with E-state index in [9.17, 15) is 13.2 Å². The second-order valence-electron chi connectivity index (χ2n) is 8.24. The number of hydrogen-bond donors (Lipinski definition) is 1. The summed E-state index contributed by atoms with van der Waals surface area (Å²) in [6, 6.07) is 24.5. The van der Waals surface area contributed by atoms with E-state index in [-0.39, 0.29) is 23.9 Å². The number of amides is 1. The van der Waals surface area contributed by atoms with Gasteiger partial charge in [-0.3, -0.25) is 9.69 Å². The Bertz CT molecular complexity index is 1280. The molecule has 8 heteroatoms. The van der Waals surface area contributed by atoms with Gasteiger partial charge in [-0.05, 0) is 48.9 Å². The van der Waals surface area contributed by atoms with Crippen molar-refractivity contribution in [3.8, 4) is 6.07 Å². The van der Waals surface area contributed by atoms with Gasteiger partial charge in [-0.25, -0.2) is 8.42 Å². The highest BCUT2D eigenvalue weighted by atomic mass is 32.2. The number of hydrogen-bond acceptors (Lipinski definition) is 5. The highest BCUT2D eigenvalue weighted by Gasteiger charge is 2.34. The first-order chi connectivity index (χ1) is 16.4. The molecule has 4 rings (SSSR count). The van der Waals surface area contributed by atoms with Gasteiger partial charge in [-0.2, -0.15) is 9.57 Å². The number of carbonyl (C=O) groups excluding carboxylic acids is 1. The Morgan fingerprint density at radius 3 is 2.12 bits per heavy atom. The summed E-state index contributed by atoms with van der Waals surface area (Å²) in [7, 11) is -3.68. The first-order valence-electron chi connectivity index (χ1n) is 11.1. The summed E-state index contributed by atoms with van der Waals surface area (Å²) in [5.74, 6) is -0.154. The molecule has 0 unspecified atom stereocenters. The molecule has 0 bridgehead atoms. The number of piperazine rings is 1. The third-order valence-electron chi connectivity index (χ3n) is 5.94. The molecule has 1 heterocycles. The Balaban J connectivity index is 1.51. The molecule has 0 aromatic heterocycles. The SMILES string of the molecule is Cc1ccc(NC(=O)[C@@H](c2ccccc2)N2CCN(S(=O)(=O)c3ccc(C#N)cc3)CC2)cc1. The van der Waals surface area contributed by atoms with Crippen molar-refractivity contribution in [2.24, 2.45) is 0 Å². The lowest BCUT2D eigenvalue weighted by Crippen LogP contribution is -2.51. The van der Waals surface area contributed by atoms with Crippen LogP contribution in [0, 0.1) is 18.3 Å². The Hall–Kier alpha value is -3.51. The van der Waals surface area contributed by atoms with Crippen molar-refractivity contribution in [3.63, 3.8) is 0 Å². The first-order valence-corrected chi connectivity index (χ1v) is 12.5. The normalized spacial score (nSPS) is 15.9. The first kappa shape index (κ1) is 23.6. The molecule has 3 aromatic rings. The minimum atomic E-state index is -3.68. The number of benzene rings is 3. The molecule has 0 saturated carbocycles. The van der Waals surface area contributed by atoms with Crippen molar-refractivity contribution in [2.75, 3.05) is 31.5 Å². The zero-order valence-corrected chi connectivity index (χ0v) is 19.7. The van der Waals surface area contributed by atoms with Crippen LogP contribution in [0.4, 0.5) is 5.69 Å². The minimum absolute atomic E-state index is 0.154. The Labute approximate surface area is 200 Å². The number of nitrogens with zero attached hydrogens (tertiary/aromatic N) is 3. The number of nitrogens with one attached hydrogen (secondary N) is 1. The quantitative estimate of drug-likeness (QED) is 0.590. The van der Waals surface area contributed by atoms with E-state index in [1.165, 1.54) is 28.6 Å². The lowest BCUT2D eigenvalue weighted by molar-refractivity contribution is -0.122. The van der Waals surface area contributed by atoms with Crippen LogP contribution in [-0.4, -0.2) is 49.7 Å². The number of aryl methyl sites for hydroxylation is 1. The molecule has 0 spiro atoms. The lowest BCUT2D eigenvalue weighted by atomic mass is 10.0. The lowest BCUT2D eigenvalue weighted by Gasteiger charge is -2.38. The van der Waals surface area contributed by atoms with E-state index in [0.29, 0.717) is 18.7 Å². The number of anilines is 1. The predicted octanol–water partition coefficient (Wildman–Crippen LogP) is 3.55. The van der Waals surface area contributed by atoms with Crippen LogP contribution < -0.4 is 5.32 Å². The summed E-state index contributed by atoms with van der Waals surface area (Å²) in [4.78, 5) is 15.5. The van der Waals surface area contributed by atoms with Crippen molar-refractivity contribution < 1.29 is 13.2 Å². The zero-order chi connectivity index (χ0) is 24.1. The van der Waals surface area contributed by atoms with Gasteiger partial charge < -0.3 is 5.32 Å². The highest BCUT2D eigenvalue weighted by Crippen LogP contribution is 2.26. The molecule has 1 aliphatic rings. The molecule has 0 radical (unpaired) electrons. The molecule has 1 atom stereocenters. The van der Waals surface area contributed by atoms with Gasteiger partial charge in [-0.1, -0.05) is 48.0 Å². The summed E-state index contributed by atoms with van der Waals surface area (Å²) >= 11 is 0. The summed E-state index contributed by atoms with van der Waals surface area (Å²) in [5, 5.41) is 12.0. The molecule has 1 aliphatic heterocycles. The fraction of sp³-hybridized carbons (Fsp3) is 0.231. The van der Waals surface area contributed by atoms with Gasteiger partial charge in [0.05, 0.1) is 16.5 Å². The molecule has 1 fully saturated rings. The topological polar surface area (TPSA) is 93.5 Å². The molecule has 1 amide bonds. The van der Waals surface area contributed by atoms with E-state index in [2.05, 4.69) is 5.32 Å². The second-order valence-corrected chi connectivity index (χ2v) is 10.2. The Morgan fingerprint density at radius 2 is 1.53 bits per heavy atom. The molecular weight excluding hydrogens is 448 g/mol. The third kappa shape index (κ3) is 5.18. The van der Waals surface area contributed by atoms with Crippen LogP contribution in [0.3, 0.4) is 0 Å². The van der Waals surface area contributed by atoms with Crippen LogP contribution in [0.15, 0.2) is 83.8 Å². The van der Waals surface area contributed by atoms with Gasteiger partial charge in [0.25, 0.3) is 0 Å². The van der Waals surface area contributed by atoms with Gasteiger partial charge in [0.15, 0.2) is 0 Å². The van der Waals surface area contributed by atoms with Crippen LogP contribution in [-0.2, 0) is 14.8 Å². The van der Waals surface area contributed by atoms with Crippen LogP contribution in [0.1, 0.15) is 22.7 Å². The molecule has 174 valence electrons. The van der Waals surface area contributed by atoms with Crippen LogP contribution in [0.25, 0.3) is 0 Å². The number of rotatable bonds is 6. The van der Waals surface area contributed by atoms with Crippen LogP contribution in [0.5, 0.6) is 0 Å². The maximum absolute atomic E-state index is 13.3. The average molecular weight is 475 g/mol. The molecule has 1 saturated heterocycles. The third-order valence-corrected chi connectivity index (χ3v) is 7.86. The van der Waals surface area contributed by atoms with E-state index in [1.807, 2.05) is 72.5 Å². The number of sulfonamides is 1. The molecular formula is C26H26N4O3S. The monoisotopic (exact) mass is 474 g/mol. The average Bonchev–Trinajstić information content (AvgIpc) is 2.86. The van der Waals surface area contributed by atoms with Gasteiger partial charge >= 0.3 is 0 Å². The van der Waals surface area contributed by atoms with E-state index in [0.717, 1.165) is 16.8 Å². The maximum Gasteiger partial charge on any atom is 0.246 e. The van der Waals surface area contributed by atoms with Crippen molar-refractivity contribution >= 4 is 21.6 Å². The molecule has 34 heavy (non-hydrogen) atoms. The summed E-state index contributed by atoms with van der Waals surface area (Å²) < 4.78 is 27.6. The summed E-state index contributed by atoms with van der Waals surface area (Å²) in [6.07, 6.45) is 0. The van der Waals surface area contributed by atoms with Gasteiger partial charge in [0, 0.05) is 31.9 Å². The Morgan fingerprint density at radius 1 is 0.912 bits per heavy atom. The molecule has 1 N–H and O–H groups in total. The van der Waals surface area contributed by atoms with E-state index < -0.39 is 16.1 Å². The van der Waals surface area contributed by atoms with E-state index >= 15 is 0 Å². The van der Waals surface area contributed by atoms with Gasteiger partial charge in [0.2, 0.25) is 15.9 Å². The molecule has 3 aromatic carbocycles. The van der Waals surface area contributed by atoms with E-state index in [4.69, 9.17) is 5.26 Å². The Kier molecular flexibility index (Phi) is 7.08. The van der Waals surface area contributed by atoms with Crippen molar-refractivity contribution in [1.82, 2.24) is 9.21 Å². The number of nitriles is 1. The maximum atomic E-state index is 13.3. The van der Waals surface area contributed by atoms with Gasteiger partial charge in [0.1, 0.15) is 6.04 Å². The van der Waals surface area contributed by atoms with Crippen molar-refractivity contribution in [2.45, 2.75) is 17.9 Å². The van der Waals surface area contributed by atoms with Crippen molar-refractivity contribution in [1.29, 1.82) is 5.26 Å². The fourth-order valence-electron chi connectivity index (χ4n) is 4.06.